The van der Waals surface area contributed by atoms with Gasteiger partial charge in [0.05, 0.1) is 0 Å². The first-order valence-electron chi connectivity index (χ1n) is 0. The summed E-state index contributed by atoms with van der Waals surface area (Å²) in [5.74, 6) is 0. The van der Waals surface area contributed by atoms with E-state index in [2.05, 4.69) is 0 Å². The van der Waals surface area contributed by atoms with Crippen LogP contribution in [-0.2, 0) is 16.8 Å². The van der Waals surface area contributed by atoms with Gasteiger partial charge in [-0.05, 0) is 0 Å². The van der Waals surface area contributed by atoms with E-state index in [1.54, 1.807) is 0 Å². The van der Waals surface area contributed by atoms with Crippen LogP contribution in [0.25, 0.3) is 0 Å². The fraction of sp³-hybridized carbons (Fsp3) is 0. The molecule has 0 aliphatic carbocycles. The Hall–Kier alpha value is 1.19. The predicted molar refractivity (Wildman–Crippen MR) is 12.4 cm³/mol. The van der Waals surface area contributed by atoms with Crippen LogP contribution < -0.4 is 0 Å². The van der Waals surface area contributed by atoms with Gasteiger partial charge in [-0.3, -0.25) is 0 Å². The van der Waals surface area contributed by atoms with Crippen molar-refractivity contribution >= 4 is 23.1 Å². The summed E-state index contributed by atoms with van der Waals surface area (Å²) in [7, 11) is 0. The van der Waals surface area contributed by atoms with Gasteiger partial charge in [-0.1, -0.05) is 0 Å². The van der Waals surface area contributed by atoms with Crippen molar-refractivity contribution < 1.29 is 27.7 Å². The van der Waals surface area contributed by atoms with Crippen molar-refractivity contribution in [2.75, 3.05) is 0 Å². The van der Waals surface area contributed by atoms with Crippen LogP contribution in [0, 0.1) is 0 Å². The second kappa shape index (κ2) is 30.0. The molecule has 0 atom stereocenters. The number of hydrogen-bond donors (Lipinski definition) is 0. The first-order chi connectivity index (χ1) is 0. The van der Waals surface area contributed by atoms with E-state index in [0.29, 0.717) is 0 Å². The number of hydrogen-bond acceptors (Lipinski definition) is 2. The smallest absolute Gasteiger partial charge is 0.870 e. The van der Waals surface area contributed by atoms with Crippen molar-refractivity contribution in [3.63, 3.8) is 0 Å². The van der Waals surface area contributed by atoms with Crippen LogP contribution >= 0.6 is 0 Å². The molecule has 0 spiro atoms. The van der Waals surface area contributed by atoms with Crippen molar-refractivity contribution in [3.05, 3.63) is 0 Å². The van der Waals surface area contributed by atoms with Gasteiger partial charge in [-0.2, -0.15) is 0 Å². The molecule has 0 rings (SSSR count). The Morgan fingerprint density at radius 2 is 0.750 bits per heavy atom. The van der Waals surface area contributed by atoms with Crippen molar-refractivity contribution in [2.45, 2.75) is 0 Å². The van der Waals surface area contributed by atoms with E-state index >= 15 is 0 Å². The molecular formula is H4CoMgO2. The van der Waals surface area contributed by atoms with Crippen LogP contribution in [0.1, 0.15) is 0 Å². The van der Waals surface area contributed by atoms with E-state index in [9.17, 15) is 0 Å². The molecule has 0 aliphatic heterocycles. The molecular weight excluding hydrogens is 115 g/mol. The molecule has 0 fully saturated rings. The second-order valence-electron chi connectivity index (χ2n) is 0. The summed E-state index contributed by atoms with van der Waals surface area (Å²) in [4.78, 5) is 0. The minimum Gasteiger partial charge on any atom is -0.870 e. The summed E-state index contributed by atoms with van der Waals surface area (Å²) >= 11 is 0. The molecule has 0 bridgehead atoms. The first-order valence-corrected chi connectivity index (χ1v) is 0. The van der Waals surface area contributed by atoms with Crippen LogP contribution in [0.15, 0.2) is 0 Å². The topological polar surface area (TPSA) is 60.0 Å². The summed E-state index contributed by atoms with van der Waals surface area (Å²) in [6.45, 7) is 0. The largest absolute Gasteiger partial charge is 2.00 e. The van der Waals surface area contributed by atoms with Gasteiger partial charge < -0.3 is 11.0 Å². The molecule has 0 aromatic rings. The molecule has 2 N–H and O–H groups in total. The summed E-state index contributed by atoms with van der Waals surface area (Å²) < 4.78 is 0. The van der Waals surface area contributed by atoms with Gasteiger partial charge in [0.1, 0.15) is 0 Å². The zero-order chi connectivity index (χ0) is 0. The van der Waals surface area contributed by atoms with Gasteiger partial charge in [-0.25, -0.2) is 0 Å². The van der Waals surface area contributed by atoms with E-state index in [4.69, 9.17) is 0 Å². The van der Waals surface area contributed by atoms with Gasteiger partial charge in [-0.15, -0.1) is 0 Å². The predicted octanol–water partition coefficient (Wildman–Crippen LogP) is -1.27. The molecule has 4 heavy (non-hydrogen) atoms. The monoisotopic (exact) mass is 119 g/mol. The molecule has 0 aromatic heterocycles. The Morgan fingerprint density at radius 3 is 0.750 bits per heavy atom. The Bertz CT molecular complexity index is 6.00. The summed E-state index contributed by atoms with van der Waals surface area (Å²) in [5.41, 5.74) is 0. The third-order valence-electron chi connectivity index (χ3n) is 0. The van der Waals surface area contributed by atoms with E-state index < -0.39 is 0 Å². The van der Waals surface area contributed by atoms with Crippen molar-refractivity contribution in [1.82, 2.24) is 0 Å². The van der Waals surface area contributed by atoms with Gasteiger partial charge >= 0.3 is 39.8 Å². The molecule has 2 nitrogen and oxygen atoms in total. The van der Waals surface area contributed by atoms with E-state index in [1.807, 2.05) is 0 Å². The maximum atomic E-state index is 0. The average Bonchev–Trinajstić information content (AvgIpc) is 0. The van der Waals surface area contributed by atoms with Gasteiger partial charge in [0.15, 0.2) is 0 Å². The van der Waals surface area contributed by atoms with E-state index in [1.165, 1.54) is 0 Å². The zero-order valence-corrected chi connectivity index (χ0v) is 2.27. The van der Waals surface area contributed by atoms with Crippen LogP contribution in [0.4, 0.5) is 0 Å². The van der Waals surface area contributed by atoms with E-state index in [-0.39, 0.29) is 50.8 Å². The van der Waals surface area contributed by atoms with E-state index in [0.717, 1.165) is 0 Å². The molecule has 0 unspecified atom stereocenters. The quantitative estimate of drug-likeness (QED) is 0.373. The Balaban J connectivity index is 0. The molecule has 0 amide bonds. The third kappa shape index (κ3) is 10.8. The van der Waals surface area contributed by atoms with Gasteiger partial charge in [0, 0.05) is 0 Å². The normalized spacial score (nSPS) is 0. The minimum atomic E-state index is 0. The van der Waals surface area contributed by atoms with Crippen LogP contribution in [0.5, 0.6) is 0 Å². The SMILES string of the molecule is [Co+2].[MgH2].[OH-].[OH-]. The zero-order valence-electron chi connectivity index (χ0n) is 1.23. The minimum absolute atomic E-state index is 0. The Morgan fingerprint density at radius 1 is 0.750 bits per heavy atom. The summed E-state index contributed by atoms with van der Waals surface area (Å²) in [5, 5.41) is 0. The maximum absolute atomic E-state index is 0. The number of rotatable bonds is 0. The Kier molecular flexibility index (Phi) is 482. The van der Waals surface area contributed by atoms with Gasteiger partial charge in [0.2, 0.25) is 0 Å². The molecule has 0 aliphatic rings. The first kappa shape index (κ1) is 64.2. The molecule has 4 heteroatoms. The molecule has 0 saturated heterocycles. The molecule has 0 aromatic carbocycles. The van der Waals surface area contributed by atoms with Crippen molar-refractivity contribution in [1.29, 1.82) is 0 Å². The molecule has 0 saturated carbocycles. The molecule has 27 valence electrons. The fourth-order valence-electron chi connectivity index (χ4n) is 0. The van der Waals surface area contributed by atoms with Crippen LogP contribution in [0.2, 0.25) is 0 Å². The second-order valence-corrected chi connectivity index (χ2v) is 0. The Labute approximate surface area is 50.9 Å². The van der Waals surface area contributed by atoms with Crippen LogP contribution in [-0.4, -0.2) is 34.0 Å². The molecule has 0 heterocycles. The van der Waals surface area contributed by atoms with Crippen molar-refractivity contribution in [3.8, 4) is 0 Å². The average molecular weight is 119 g/mol. The summed E-state index contributed by atoms with van der Waals surface area (Å²) in [6, 6.07) is 0. The fourth-order valence-corrected chi connectivity index (χ4v) is 0. The molecule has 1 radical (unpaired) electrons. The summed E-state index contributed by atoms with van der Waals surface area (Å²) in [6.07, 6.45) is 0. The van der Waals surface area contributed by atoms with Gasteiger partial charge in [0.25, 0.3) is 0 Å². The third-order valence-corrected chi connectivity index (χ3v) is 0. The van der Waals surface area contributed by atoms with Crippen molar-refractivity contribution in [2.24, 2.45) is 0 Å². The maximum Gasteiger partial charge on any atom is 2.00 e. The van der Waals surface area contributed by atoms with Crippen LogP contribution in [0.3, 0.4) is 0 Å². The standard InChI is InChI=1S/Co.Mg.2H2O.2H/h;;2*1H2;;/q+2;;;;;/p-2.